The molecule has 3 aromatic rings. The number of nitrogens with zero attached hydrogens (tertiary/aromatic N) is 3. The fourth-order valence-corrected chi connectivity index (χ4v) is 5.84. The van der Waals surface area contributed by atoms with E-state index in [4.69, 9.17) is 0 Å². The minimum absolute atomic E-state index is 0.0432. The zero-order valence-electron chi connectivity index (χ0n) is 19.2. The molecule has 0 unspecified atom stereocenters. The van der Waals surface area contributed by atoms with Crippen molar-refractivity contribution >= 4 is 15.8 Å². The van der Waals surface area contributed by atoms with Crippen LogP contribution in [0.15, 0.2) is 58.4 Å². The predicted octanol–water partition coefficient (Wildman–Crippen LogP) is 3.29. The largest absolute Gasteiger partial charge is 0.344 e. The number of hydrogen-bond donors (Lipinski definition) is 0. The van der Waals surface area contributed by atoms with Crippen LogP contribution in [-0.2, 0) is 23.1 Å². The van der Waals surface area contributed by atoms with Crippen molar-refractivity contribution in [3.63, 3.8) is 0 Å². The van der Waals surface area contributed by atoms with Crippen LogP contribution >= 0.6 is 0 Å². The summed E-state index contributed by atoms with van der Waals surface area (Å²) in [6, 6.07) is 12.6. The lowest BCUT2D eigenvalue weighted by molar-refractivity contribution is 0.0969. The van der Waals surface area contributed by atoms with Crippen molar-refractivity contribution < 1.29 is 13.2 Å². The molecule has 8 heteroatoms. The van der Waals surface area contributed by atoms with Gasteiger partial charge < -0.3 is 9.13 Å². The van der Waals surface area contributed by atoms with E-state index in [0.717, 1.165) is 29.8 Å². The van der Waals surface area contributed by atoms with Crippen LogP contribution < -0.4 is 5.56 Å². The Hall–Kier alpha value is -2.97. The third-order valence-corrected chi connectivity index (χ3v) is 8.19. The number of carbonyl (C=O) groups is 1. The molecule has 1 aromatic carbocycles. The number of Topliss-reactive ketones (excluding diaryl/α,β-unsaturated/α-hetero) is 1. The van der Waals surface area contributed by atoms with E-state index in [0.29, 0.717) is 25.2 Å². The standard InChI is InChI=1S/C25H29N3O4S/c1-18-6-8-21(9-7-18)15-28-19(2)14-23(20(28)3)24(29)17-26-16-22(10-11-25(26)30)33(31,32)27-12-4-5-13-27/h6-11,14,16H,4-5,12-13,15,17H2,1-3H3. The Bertz CT molecular complexity index is 1350. The molecule has 174 valence electrons. The van der Waals surface area contributed by atoms with Gasteiger partial charge in [-0.3, -0.25) is 9.59 Å². The van der Waals surface area contributed by atoms with E-state index < -0.39 is 15.6 Å². The summed E-state index contributed by atoms with van der Waals surface area (Å²) in [6.07, 6.45) is 2.95. The summed E-state index contributed by atoms with van der Waals surface area (Å²) in [4.78, 5) is 25.6. The fourth-order valence-electron chi connectivity index (χ4n) is 4.31. The first-order valence-electron chi connectivity index (χ1n) is 11.1. The first kappa shape index (κ1) is 23.2. The minimum atomic E-state index is -3.67. The van der Waals surface area contributed by atoms with Crippen molar-refractivity contribution in [1.82, 2.24) is 13.4 Å². The summed E-state index contributed by atoms with van der Waals surface area (Å²) < 4.78 is 30.4. The summed E-state index contributed by atoms with van der Waals surface area (Å²) >= 11 is 0. The highest BCUT2D eigenvalue weighted by molar-refractivity contribution is 7.89. The van der Waals surface area contributed by atoms with Gasteiger partial charge in [-0.1, -0.05) is 29.8 Å². The normalized spacial score (nSPS) is 14.6. The molecule has 0 bridgehead atoms. The summed E-state index contributed by atoms with van der Waals surface area (Å²) in [6.45, 7) is 7.28. The molecule has 0 saturated carbocycles. The van der Waals surface area contributed by atoms with Crippen LogP contribution in [0.1, 0.15) is 45.7 Å². The van der Waals surface area contributed by atoms with E-state index in [1.54, 1.807) is 0 Å². The number of rotatable bonds is 7. The van der Waals surface area contributed by atoms with Crippen molar-refractivity contribution in [3.05, 3.63) is 87.1 Å². The molecule has 33 heavy (non-hydrogen) atoms. The monoisotopic (exact) mass is 467 g/mol. The second-order valence-electron chi connectivity index (χ2n) is 8.72. The smallest absolute Gasteiger partial charge is 0.251 e. The number of hydrogen-bond acceptors (Lipinski definition) is 4. The van der Waals surface area contributed by atoms with E-state index in [1.165, 1.54) is 32.8 Å². The van der Waals surface area contributed by atoms with E-state index >= 15 is 0 Å². The third kappa shape index (κ3) is 4.72. The maximum atomic E-state index is 13.1. The number of pyridine rings is 1. The molecule has 7 nitrogen and oxygen atoms in total. The minimum Gasteiger partial charge on any atom is -0.344 e. The zero-order valence-corrected chi connectivity index (χ0v) is 20.1. The molecule has 3 heterocycles. The van der Waals surface area contributed by atoms with E-state index in [-0.39, 0.29) is 17.2 Å². The Morgan fingerprint density at radius 3 is 2.30 bits per heavy atom. The number of carbonyl (C=O) groups excluding carboxylic acids is 1. The van der Waals surface area contributed by atoms with Crippen molar-refractivity contribution in [2.24, 2.45) is 0 Å². The van der Waals surface area contributed by atoms with Gasteiger partial charge in [-0.15, -0.1) is 0 Å². The van der Waals surface area contributed by atoms with Crippen LogP contribution in [-0.4, -0.2) is 40.7 Å². The highest BCUT2D eigenvalue weighted by Crippen LogP contribution is 2.21. The van der Waals surface area contributed by atoms with Crippen LogP contribution in [0.25, 0.3) is 0 Å². The topological polar surface area (TPSA) is 81.4 Å². The number of benzene rings is 1. The molecular formula is C25H29N3O4S. The first-order valence-corrected chi connectivity index (χ1v) is 12.6. The number of ketones is 1. The first-order chi connectivity index (χ1) is 15.7. The Labute approximate surface area is 194 Å². The molecule has 0 amide bonds. The number of aryl methyl sites for hydroxylation is 2. The Balaban J connectivity index is 1.59. The summed E-state index contributed by atoms with van der Waals surface area (Å²) in [5, 5.41) is 0. The lowest BCUT2D eigenvalue weighted by atomic mass is 10.1. The molecule has 2 aromatic heterocycles. The second kappa shape index (κ2) is 9.11. The molecule has 1 fully saturated rings. The maximum Gasteiger partial charge on any atom is 0.251 e. The van der Waals surface area contributed by atoms with Gasteiger partial charge in [-0.2, -0.15) is 4.31 Å². The van der Waals surface area contributed by atoms with Gasteiger partial charge >= 0.3 is 0 Å². The van der Waals surface area contributed by atoms with Crippen molar-refractivity contribution in [1.29, 1.82) is 0 Å². The van der Waals surface area contributed by atoms with Gasteiger partial charge in [-0.05, 0) is 51.3 Å². The molecule has 4 rings (SSSR count). The Morgan fingerprint density at radius 1 is 0.970 bits per heavy atom. The van der Waals surface area contributed by atoms with E-state index in [9.17, 15) is 18.0 Å². The fraction of sp³-hybridized carbons (Fsp3) is 0.360. The quantitative estimate of drug-likeness (QED) is 0.500. The van der Waals surface area contributed by atoms with Crippen molar-refractivity contribution in [3.8, 4) is 0 Å². The molecule has 0 atom stereocenters. The van der Waals surface area contributed by atoms with E-state index in [2.05, 4.69) is 28.8 Å². The highest BCUT2D eigenvalue weighted by Gasteiger charge is 2.28. The average molecular weight is 468 g/mol. The molecule has 0 radical (unpaired) electrons. The van der Waals surface area contributed by atoms with Crippen molar-refractivity contribution in [2.45, 2.75) is 51.6 Å². The third-order valence-electron chi connectivity index (χ3n) is 6.31. The van der Waals surface area contributed by atoms with Gasteiger partial charge in [0.2, 0.25) is 10.0 Å². The summed E-state index contributed by atoms with van der Waals surface area (Å²) in [5.74, 6) is -0.226. The molecule has 0 spiro atoms. The highest BCUT2D eigenvalue weighted by atomic mass is 32.2. The van der Waals surface area contributed by atoms with Crippen molar-refractivity contribution in [2.75, 3.05) is 13.1 Å². The van der Waals surface area contributed by atoms with Crippen LogP contribution in [0.2, 0.25) is 0 Å². The Kier molecular flexibility index (Phi) is 6.41. The van der Waals surface area contributed by atoms with Crippen LogP contribution in [0.5, 0.6) is 0 Å². The average Bonchev–Trinajstić information content (AvgIpc) is 3.42. The summed E-state index contributed by atoms with van der Waals surface area (Å²) in [7, 11) is -3.67. The molecule has 0 aliphatic carbocycles. The lowest BCUT2D eigenvalue weighted by Crippen LogP contribution is -2.30. The van der Waals surface area contributed by atoms with Gasteiger partial charge in [-0.25, -0.2) is 8.42 Å². The molecule has 1 aliphatic heterocycles. The van der Waals surface area contributed by atoms with Crippen LogP contribution in [0, 0.1) is 20.8 Å². The van der Waals surface area contributed by atoms with Gasteiger partial charge in [0.25, 0.3) is 5.56 Å². The van der Waals surface area contributed by atoms with E-state index in [1.807, 2.05) is 26.8 Å². The molecule has 1 aliphatic rings. The number of sulfonamides is 1. The number of aromatic nitrogens is 2. The van der Waals surface area contributed by atoms with Crippen LogP contribution in [0.3, 0.4) is 0 Å². The Morgan fingerprint density at radius 2 is 1.64 bits per heavy atom. The van der Waals surface area contributed by atoms with Gasteiger partial charge in [0, 0.05) is 48.8 Å². The second-order valence-corrected chi connectivity index (χ2v) is 10.7. The van der Waals surface area contributed by atoms with Gasteiger partial charge in [0.1, 0.15) is 0 Å². The molecular weight excluding hydrogens is 438 g/mol. The summed E-state index contributed by atoms with van der Waals surface area (Å²) in [5.41, 5.74) is 4.24. The SMILES string of the molecule is Cc1ccc(Cn2c(C)cc(C(=O)Cn3cc(S(=O)(=O)N4CCCC4)ccc3=O)c2C)cc1. The maximum absolute atomic E-state index is 13.1. The predicted molar refractivity (Wildman–Crippen MR) is 127 cm³/mol. The lowest BCUT2D eigenvalue weighted by Gasteiger charge is -2.16. The zero-order chi connectivity index (χ0) is 23.8. The van der Waals surface area contributed by atoms with Gasteiger partial charge in [0.15, 0.2) is 5.78 Å². The molecule has 0 N–H and O–H groups in total. The van der Waals surface area contributed by atoms with Gasteiger partial charge in [0.05, 0.1) is 11.4 Å². The molecule has 1 saturated heterocycles. The van der Waals surface area contributed by atoms with Crippen LogP contribution in [0.4, 0.5) is 0 Å².